The smallest absolute Gasteiger partial charge is 0.339 e. The summed E-state index contributed by atoms with van der Waals surface area (Å²) in [5, 5.41) is 45.4. The molecule has 4 fully saturated rings. The summed E-state index contributed by atoms with van der Waals surface area (Å²) in [6.45, 7) is 0.0234. The van der Waals surface area contributed by atoms with Gasteiger partial charge in [0.1, 0.15) is 16.9 Å². The Morgan fingerprint density at radius 1 is 1.20 bits per heavy atom. The Labute approximate surface area is 203 Å². The van der Waals surface area contributed by atoms with E-state index in [1.165, 1.54) is 6.20 Å². The lowest BCUT2D eigenvalue weighted by atomic mass is 9.43. The van der Waals surface area contributed by atoms with Crippen LogP contribution in [0.1, 0.15) is 53.7 Å². The van der Waals surface area contributed by atoms with E-state index in [4.69, 9.17) is 0 Å². The lowest BCUT2D eigenvalue weighted by Gasteiger charge is -2.62. The molecule has 1 heterocycles. The summed E-state index contributed by atoms with van der Waals surface area (Å²) >= 11 is 0. The fourth-order valence-electron chi connectivity index (χ4n) is 7.18. The number of nitriles is 1. The van der Waals surface area contributed by atoms with Crippen LogP contribution < -0.4 is 5.32 Å². The molecule has 4 aliphatic rings. The van der Waals surface area contributed by atoms with Gasteiger partial charge in [-0.05, 0) is 61.3 Å². The van der Waals surface area contributed by atoms with Crippen molar-refractivity contribution in [2.75, 3.05) is 11.9 Å². The van der Waals surface area contributed by atoms with Gasteiger partial charge in [-0.25, -0.2) is 4.79 Å². The molecule has 35 heavy (non-hydrogen) atoms. The first-order chi connectivity index (χ1) is 16.8. The number of aromatic carboxylic acids is 1. The quantitative estimate of drug-likeness (QED) is 0.383. The molecule has 9 heteroatoms. The molecule has 0 spiro atoms. The first kappa shape index (κ1) is 23.2. The molecule has 2 aromatic rings. The van der Waals surface area contributed by atoms with Crippen LogP contribution in [-0.4, -0.2) is 38.7 Å². The zero-order chi connectivity index (χ0) is 24.8. The molecule has 4 aliphatic carbocycles. The van der Waals surface area contributed by atoms with E-state index in [2.05, 4.69) is 16.4 Å². The first-order valence-corrected chi connectivity index (χ1v) is 12.0. The lowest BCUT2D eigenvalue weighted by Crippen LogP contribution is -2.60. The van der Waals surface area contributed by atoms with E-state index in [0.717, 1.165) is 18.4 Å². The fourth-order valence-corrected chi connectivity index (χ4v) is 7.18. The minimum atomic E-state index is -1.28. The van der Waals surface area contributed by atoms with Gasteiger partial charge in [0.25, 0.3) is 0 Å². The van der Waals surface area contributed by atoms with Gasteiger partial charge in [-0.2, -0.15) is 5.26 Å². The van der Waals surface area contributed by atoms with E-state index in [1.807, 2.05) is 30.3 Å². The van der Waals surface area contributed by atoms with Gasteiger partial charge in [0.2, 0.25) is 0 Å². The predicted molar refractivity (Wildman–Crippen MR) is 127 cm³/mol. The zero-order valence-corrected chi connectivity index (χ0v) is 19.3. The highest BCUT2D eigenvalue weighted by Crippen LogP contribution is 2.65. The average molecular weight is 477 g/mol. The minimum Gasteiger partial charge on any atom is -0.478 e. The highest BCUT2D eigenvalue weighted by Gasteiger charge is 2.61. The third-order valence-electron chi connectivity index (χ3n) is 8.34. The Hall–Kier alpha value is -3.51. The Kier molecular flexibility index (Phi) is 5.72. The van der Waals surface area contributed by atoms with Gasteiger partial charge in [-0.3, -0.25) is 15.1 Å². The Morgan fingerprint density at radius 2 is 1.89 bits per heavy atom. The van der Waals surface area contributed by atoms with E-state index in [1.54, 1.807) is 0 Å². The predicted octanol–water partition coefficient (Wildman–Crippen LogP) is 3.97. The largest absolute Gasteiger partial charge is 0.478 e. The summed E-state index contributed by atoms with van der Waals surface area (Å²) < 4.78 is 0. The number of carboxylic acid groups (broad SMARTS) is 1. The number of carbonyl (C=O) groups is 1. The Bertz CT molecular complexity index is 1190. The van der Waals surface area contributed by atoms with Gasteiger partial charge in [0.05, 0.1) is 16.4 Å². The number of carboxylic acids is 1. The molecule has 0 radical (unpaired) electrons. The summed E-state index contributed by atoms with van der Waals surface area (Å²) in [5.74, 6) is -1.21. The second-order valence-electron chi connectivity index (χ2n) is 10.6. The number of rotatable bonds is 8. The van der Waals surface area contributed by atoms with Crippen molar-refractivity contribution in [3.63, 3.8) is 0 Å². The maximum Gasteiger partial charge on any atom is 0.339 e. The third kappa shape index (κ3) is 4.02. The number of aromatic nitrogens is 1. The Balaban J connectivity index is 1.50. The van der Waals surface area contributed by atoms with Crippen molar-refractivity contribution in [2.24, 2.45) is 22.7 Å². The molecule has 182 valence electrons. The monoisotopic (exact) mass is 476 g/mol. The fraction of sp³-hybridized carbons (Fsp3) is 0.500. The summed E-state index contributed by atoms with van der Waals surface area (Å²) in [5.41, 5.74) is -0.0224. The van der Waals surface area contributed by atoms with Gasteiger partial charge in [0.15, 0.2) is 0 Å². The second-order valence-corrected chi connectivity index (χ2v) is 10.6. The molecule has 4 bridgehead atoms. The van der Waals surface area contributed by atoms with Crippen molar-refractivity contribution < 1.29 is 19.9 Å². The molecule has 1 aromatic carbocycles. The molecule has 6 rings (SSSR count). The van der Waals surface area contributed by atoms with E-state index in [-0.39, 0.29) is 52.5 Å². The van der Waals surface area contributed by atoms with Gasteiger partial charge >= 0.3 is 11.7 Å². The zero-order valence-electron chi connectivity index (χ0n) is 19.3. The number of pyridine rings is 1. The van der Waals surface area contributed by atoms with Gasteiger partial charge in [-0.15, -0.1) is 0 Å². The molecule has 2 unspecified atom stereocenters. The van der Waals surface area contributed by atoms with E-state index in [9.17, 15) is 30.4 Å². The van der Waals surface area contributed by atoms with Crippen LogP contribution in [-0.2, 0) is 12.8 Å². The molecule has 0 saturated heterocycles. The second kappa shape index (κ2) is 8.61. The van der Waals surface area contributed by atoms with Crippen molar-refractivity contribution >= 4 is 17.3 Å². The van der Waals surface area contributed by atoms with E-state index in [0.29, 0.717) is 32.1 Å². The van der Waals surface area contributed by atoms with E-state index < -0.39 is 16.3 Å². The van der Waals surface area contributed by atoms with Crippen molar-refractivity contribution in [1.29, 1.82) is 5.26 Å². The highest BCUT2D eigenvalue weighted by atomic mass is 16.6. The van der Waals surface area contributed by atoms with Crippen molar-refractivity contribution in [3.8, 4) is 6.07 Å². The average Bonchev–Trinajstić information content (AvgIpc) is 2.84. The number of nitro groups is 1. The summed E-state index contributed by atoms with van der Waals surface area (Å²) in [7, 11) is 0. The molecule has 0 aliphatic heterocycles. The maximum atomic E-state index is 12.2. The van der Waals surface area contributed by atoms with E-state index >= 15 is 0 Å². The van der Waals surface area contributed by atoms with Crippen molar-refractivity contribution in [3.05, 3.63) is 63.5 Å². The van der Waals surface area contributed by atoms with Gasteiger partial charge < -0.3 is 15.5 Å². The number of nitrogens with zero attached hydrogens (tertiary/aromatic N) is 3. The van der Waals surface area contributed by atoms with Crippen LogP contribution in [0.2, 0.25) is 0 Å². The molecule has 1 aromatic heterocycles. The summed E-state index contributed by atoms with van der Waals surface area (Å²) in [6, 6.07) is 11.9. The van der Waals surface area contributed by atoms with Gasteiger partial charge in [0, 0.05) is 25.3 Å². The molecular weight excluding hydrogens is 448 g/mol. The topological polar surface area (TPSA) is 149 Å². The van der Waals surface area contributed by atoms with Crippen LogP contribution in [0.5, 0.6) is 0 Å². The number of nitrogens with one attached hydrogen (secondary N) is 1. The van der Waals surface area contributed by atoms with Crippen LogP contribution >= 0.6 is 0 Å². The van der Waals surface area contributed by atoms with Crippen LogP contribution in [0.3, 0.4) is 0 Å². The van der Waals surface area contributed by atoms with Crippen molar-refractivity contribution in [2.45, 2.75) is 51.0 Å². The molecule has 9 nitrogen and oxygen atoms in total. The molecule has 2 atom stereocenters. The minimum absolute atomic E-state index is 0.00194. The highest BCUT2D eigenvalue weighted by molar-refractivity contribution is 5.97. The SMILES string of the molecule is N#CC12CC3CC(CO)(CC(C1)C3Nc1c(C(=O)O)cnc(CCc3ccccc3)c1[N+](=O)[O-])C2. The van der Waals surface area contributed by atoms with Crippen LogP contribution in [0, 0.1) is 44.1 Å². The lowest BCUT2D eigenvalue weighted by molar-refractivity contribution is -0.385. The number of hydrogen-bond acceptors (Lipinski definition) is 7. The first-order valence-electron chi connectivity index (χ1n) is 12.0. The maximum absolute atomic E-state index is 12.2. The van der Waals surface area contributed by atoms with Crippen LogP contribution in [0.4, 0.5) is 11.4 Å². The van der Waals surface area contributed by atoms with Gasteiger partial charge in [-0.1, -0.05) is 30.3 Å². The standard InChI is InChI=1S/C26H28N4O5/c27-14-25-8-17-10-26(13-25,15-31)11-18(9-25)21(17)29-22-19(24(32)33)12-28-20(23(22)30(34)35)7-6-16-4-2-1-3-5-16/h1-5,12,17-18,21,31H,6-11,13,15H2,(H,28,29)(H,32,33). The molecular formula is C26H28N4O5. The van der Waals surface area contributed by atoms with Crippen molar-refractivity contribution in [1.82, 2.24) is 4.98 Å². The van der Waals surface area contributed by atoms with Crippen LogP contribution in [0.25, 0.3) is 0 Å². The number of aliphatic hydroxyl groups is 1. The Morgan fingerprint density at radius 3 is 2.46 bits per heavy atom. The number of aliphatic hydroxyl groups excluding tert-OH is 1. The summed E-state index contributed by atoms with van der Waals surface area (Å²) in [4.78, 5) is 27.9. The third-order valence-corrected chi connectivity index (χ3v) is 8.34. The normalized spacial score (nSPS) is 30.6. The number of hydrogen-bond donors (Lipinski definition) is 3. The number of benzene rings is 1. The van der Waals surface area contributed by atoms with Crippen LogP contribution in [0.15, 0.2) is 36.5 Å². The number of anilines is 1. The molecule has 3 N–H and O–H groups in total. The molecule has 4 saturated carbocycles. The number of aryl methyl sites for hydroxylation is 2. The summed E-state index contributed by atoms with van der Waals surface area (Å²) in [6.07, 6.45) is 5.50. The molecule has 0 amide bonds.